The minimum absolute atomic E-state index is 0.0655. The van der Waals surface area contributed by atoms with Crippen LogP contribution in [0, 0.1) is 0 Å². The second kappa shape index (κ2) is 11.1. The summed E-state index contributed by atoms with van der Waals surface area (Å²) in [6.45, 7) is 1.12. The van der Waals surface area contributed by atoms with Gasteiger partial charge in [0.1, 0.15) is 12.3 Å². The summed E-state index contributed by atoms with van der Waals surface area (Å²) in [6.07, 6.45) is 1.33. The van der Waals surface area contributed by atoms with Gasteiger partial charge in [-0.3, -0.25) is 19.2 Å². The maximum absolute atomic E-state index is 11.8. The smallest absolute Gasteiger partial charge is 0.325 e. The number of hydrogen-bond acceptors (Lipinski definition) is 7. The van der Waals surface area contributed by atoms with Crippen molar-refractivity contribution in [3.63, 3.8) is 0 Å². The molecule has 0 radical (unpaired) electrons. The van der Waals surface area contributed by atoms with Crippen LogP contribution < -0.4 is 20.7 Å². The molecule has 2 aromatic rings. The van der Waals surface area contributed by atoms with Crippen LogP contribution >= 0.6 is 0 Å². The van der Waals surface area contributed by atoms with Gasteiger partial charge in [0.05, 0.1) is 19.4 Å². The first kappa shape index (κ1) is 21.5. The summed E-state index contributed by atoms with van der Waals surface area (Å²) in [5.41, 5.74) is 0.523. The van der Waals surface area contributed by atoms with Gasteiger partial charge in [-0.15, -0.1) is 0 Å². The minimum Gasteiger partial charge on any atom is -0.494 e. The van der Waals surface area contributed by atoms with Crippen molar-refractivity contribution >= 4 is 29.4 Å². The van der Waals surface area contributed by atoms with Crippen LogP contribution in [0.5, 0.6) is 5.75 Å². The summed E-state index contributed by atoms with van der Waals surface area (Å²) in [6, 6.07) is 9.70. The number of esters is 1. The Bertz CT molecular complexity index is 832. The van der Waals surface area contributed by atoms with Gasteiger partial charge in [-0.1, -0.05) is 0 Å². The van der Waals surface area contributed by atoms with Gasteiger partial charge in [-0.2, -0.15) is 0 Å². The molecule has 0 aliphatic rings. The lowest BCUT2D eigenvalue weighted by Crippen LogP contribution is -2.39. The van der Waals surface area contributed by atoms with Crippen molar-refractivity contribution in [2.75, 3.05) is 31.6 Å². The Hall–Kier alpha value is -3.82. The van der Waals surface area contributed by atoms with Gasteiger partial charge in [-0.05, 0) is 43.3 Å². The third-order valence-electron chi connectivity index (χ3n) is 3.40. The van der Waals surface area contributed by atoms with Gasteiger partial charge in [0.25, 0.3) is 11.8 Å². The van der Waals surface area contributed by atoms with Crippen LogP contribution in [0.1, 0.15) is 17.5 Å². The number of furan rings is 1. The van der Waals surface area contributed by atoms with Crippen molar-refractivity contribution in [2.45, 2.75) is 6.92 Å². The molecular formula is C19H21N3O7. The molecule has 3 N–H and O–H groups in total. The third-order valence-corrected chi connectivity index (χ3v) is 3.40. The molecule has 2 rings (SSSR count). The van der Waals surface area contributed by atoms with Crippen molar-refractivity contribution in [1.29, 1.82) is 0 Å². The van der Waals surface area contributed by atoms with Gasteiger partial charge in [0.2, 0.25) is 5.91 Å². The first-order chi connectivity index (χ1) is 14.0. The Labute approximate surface area is 166 Å². The Kier molecular flexibility index (Phi) is 8.24. The number of carbonyl (C=O) groups excluding carboxylic acids is 4. The highest BCUT2D eigenvalue weighted by atomic mass is 16.5. The van der Waals surface area contributed by atoms with Crippen LogP contribution in [0.15, 0.2) is 47.1 Å². The van der Waals surface area contributed by atoms with Gasteiger partial charge in [0, 0.05) is 5.69 Å². The van der Waals surface area contributed by atoms with E-state index in [0.29, 0.717) is 18.0 Å². The van der Waals surface area contributed by atoms with E-state index in [9.17, 15) is 19.2 Å². The molecule has 0 aliphatic heterocycles. The Morgan fingerprint density at radius 2 is 1.72 bits per heavy atom. The summed E-state index contributed by atoms with van der Waals surface area (Å²) in [4.78, 5) is 46.6. The van der Waals surface area contributed by atoms with E-state index in [1.54, 1.807) is 24.3 Å². The van der Waals surface area contributed by atoms with Crippen LogP contribution in [-0.4, -0.2) is 50.0 Å². The molecule has 29 heavy (non-hydrogen) atoms. The zero-order valence-corrected chi connectivity index (χ0v) is 15.7. The highest BCUT2D eigenvalue weighted by Crippen LogP contribution is 2.15. The van der Waals surface area contributed by atoms with E-state index in [0.717, 1.165) is 0 Å². The predicted molar refractivity (Wildman–Crippen MR) is 101 cm³/mol. The van der Waals surface area contributed by atoms with E-state index in [1.165, 1.54) is 18.4 Å². The lowest BCUT2D eigenvalue weighted by Gasteiger charge is -2.09. The number of nitrogens with one attached hydrogen (secondary N) is 3. The average Bonchev–Trinajstić information content (AvgIpc) is 3.25. The standard InChI is InChI=1S/C19H21N3O7/c1-2-27-14-7-5-13(6-8-14)22-17(24)12-29-18(25)11-20-16(23)10-21-19(26)15-4-3-9-28-15/h3-9H,2,10-12H2,1H3,(H,20,23)(H,21,26)(H,22,24). The largest absolute Gasteiger partial charge is 0.494 e. The lowest BCUT2D eigenvalue weighted by atomic mass is 10.3. The summed E-state index contributed by atoms with van der Waals surface area (Å²) >= 11 is 0. The fourth-order valence-corrected chi connectivity index (χ4v) is 2.08. The molecule has 10 nitrogen and oxygen atoms in total. The molecule has 0 aliphatic carbocycles. The SMILES string of the molecule is CCOc1ccc(NC(=O)COC(=O)CNC(=O)CNC(=O)c2ccco2)cc1. The van der Waals surface area contributed by atoms with E-state index >= 15 is 0 Å². The molecule has 0 saturated heterocycles. The second-order valence-corrected chi connectivity index (χ2v) is 5.60. The first-order valence-electron chi connectivity index (χ1n) is 8.74. The quantitative estimate of drug-likeness (QED) is 0.497. The second-order valence-electron chi connectivity index (χ2n) is 5.60. The molecule has 0 unspecified atom stereocenters. The summed E-state index contributed by atoms with van der Waals surface area (Å²) in [7, 11) is 0. The summed E-state index contributed by atoms with van der Waals surface area (Å²) < 4.78 is 15.0. The summed E-state index contributed by atoms with van der Waals surface area (Å²) in [5, 5.41) is 7.16. The van der Waals surface area contributed by atoms with E-state index in [4.69, 9.17) is 13.9 Å². The Balaban J connectivity index is 1.61. The summed E-state index contributed by atoms with van der Waals surface area (Å²) in [5.74, 6) is -1.74. The van der Waals surface area contributed by atoms with Crippen LogP contribution in [-0.2, 0) is 19.1 Å². The van der Waals surface area contributed by atoms with E-state index in [2.05, 4.69) is 16.0 Å². The molecule has 1 aromatic carbocycles. The molecule has 1 heterocycles. The average molecular weight is 403 g/mol. The molecule has 0 atom stereocenters. The molecule has 3 amide bonds. The van der Waals surface area contributed by atoms with Crippen LogP contribution in [0.2, 0.25) is 0 Å². The van der Waals surface area contributed by atoms with Crippen molar-refractivity contribution in [3.8, 4) is 5.75 Å². The number of amides is 3. The molecule has 154 valence electrons. The third kappa shape index (κ3) is 7.75. The number of ether oxygens (including phenoxy) is 2. The molecule has 0 bridgehead atoms. The van der Waals surface area contributed by atoms with Crippen LogP contribution in [0.25, 0.3) is 0 Å². The van der Waals surface area contributed by atoms with Gasteiger partial charge < -0.3 is 29.8 Å². The van der Waals surface area contributed by atoms with Crippen LogP contribution in [0.4, 0.5) is 5.69 Å². The number of anilines is 1. The Morgan fingerprint density at radius 1 is 0.966 bits per heavy atom. The van der Waals surface area contributed by atoms with E-state index in [-0.39, 0.29) is 12.3 Å². The maximum Gasteiger partial charge on any atom is 0.325 e. The van der Waals surface area contributed by atoms with Gasteiger partial charge >= 0.3 is 5.97 Å². The Morgan fingerprint density at radius 3 is 2.38 bits per heavy atom. The zero-order chi connectivity index (χ0) is 21.1. The number of hydrogen-bond donors (Lipinski definition) is 3. The van der Waals surface area contributed by atoms with Crippen molar-refractivity contribution < 1.29 is 33.1 Å². The number of rotatable bonds is 10. The lowest BCUT2D eigenvalue weighted by molar-refractivity contribution is -0.147. The zero-order valence-electron chi connectivity index (χ0n) is 15.7. The molecule has 1 aromatic heterocycles. The number of benzene rings is 1. The topological polar surface area (TPSA) is 136 Å². The van der Waals surface area contributed by atoms with Crippen molar-refractivity contribution in [1.82, 2.24) is 10.6 Å². The van der Waals surface area contributed by atoms with E-state index in [1.807, 2.05) is 6.92 Å². The fourth-order valence-electron chi connectivity index (χ4n) is 2.08. The molecule has 0 saturated carbocycles. The monoisotopic (exact) mass is 403 g/mol. The highest BCUT2D eigenvalue weighted by Gasteiger charge is 2.12. The highest BCUT2D eigenvalue weighted by molar-refractivity contribution is 5.95. The molecule has 0 spiro atoms. The predicted octanol–water partition coefficient (Wildman–Crippen LogP) is 0.706. The first-order valence-corrected chi connectivity index (χ1v) is 8.74. The number of carbonyl (C=O) groups is 4. The molecule has 0 fully saturated rings. The van der Waals surface area contributed by atoms with Gasteiger partial charge in [-0.25, -0.2) is 0 Å². The minimum atomic E-state index is -0.794. The fraction of sp³-hybridized carbons (Fsp3) is 0.263. The maximum atomic E-state index is 11.8. The molecule has 10 heteroatoms. The van der Waals surface area contributed by atoms with Crippen molar-refractivity contribution in [2.24, 2.45) is 0 Å². The molecular weight excluding hydrogens is 382 g/mol. The normalized spacial score (nSPS) is 9.97. The van der Waals surface area contributed by atoms with Crippen molar-refractivity contribution in [3.05, 3.63) is 48.4 Å². The van der Waals surface area contributed by atoms with E-state index < -0.39 is 36.8 Å². The van der Waals surface area contributed by atoms with Crippen LogP contribution in [0.3, 0.4) is 0 Å². The van der Waals surface area contributed by atoms with Gasteiger partial charge in [0.15, 0.2) is 12.4 Å².